The van der Waals surface area contributed by atoms with E-state index in [0.29, 0.717) is 5.69 Å². The van der Waals surface area contributed by atoms with E-state index in [0.717, 1.165) is 11.1 Å². The Morgan fingerprint density at radius 1 is 0.848 bits per heavy atom. The third-order valence-corrected chi connectivity index (χ3v) is 7.94. The zero-order valence-corrected chi connectivity index (χ0v) is 19.0. The van der Waals surface area contributed by atoms with E-state index in [1.54, 1.807) is 7.11 Å². The van der Waals surface area contributed by atoms with Crippen molar-refractivity contribution in [3.8, 4) is 0 Å². The molecule has 7 atom stereocenters. The molecule has 0 spiro atoms. The van der Waals surface area contributed by atoms with Gasteiger partial charge >= 0.3 is 0 Å². The molecule has 2 fully saturated rings. The van der Waals surface area contributed by atoms with E-state index in [2.05, 4.69) is 18.2 Å². The van der Waals surface area contributed by atoms with E-state index in [-0.39, 0.29) is 29.8 Å². The van der Waals surface area contributed by atoms with Crippen molar-refractivity contribution in [2.45, 2.75) is 37.1 Å². The van der Waals surface area contributed by atoms with E-state index in [9.17, 15) is 9.59 Å². The second-order valence-electron chi connectivity index (χ2n) is 9.90. The molecule has 2 aromatic carbocycles. The van der Waals surface area contributed by atoms with Crippen LogP contribution in [0.25, 0.3) is 0 Å². The van der Waals surface area contributed by atoms with Gasteiger partial charge < -0.3 is 9.47 Å². The summed E-state index contributed by atoms with van der Waals surface area (Å²) in [4.78, 5) is 29.3. The fourth-order valence-corrected chi connectivity index (χ4v) is 6.69. The number of rotatable bonds is 3. The molecule has 0 saturated carbocycles. The quantitative estimate of drug-likeness (QED) is 0.528. The van der Waals surface area contributed by atoms with Crippen LogP contribution in [0.15, 0.2) is 84.5 Å². The molecule has 0 unspecified atom stereocenters. The molecule has 2 bridgehead atoms. The maximum absolute atomic E-state index is 14.0. The van der Waals surface area contributed by atoms with Crippen LogP contribution in [0.3, 0.4) is 0 Å². The van der Waals surface area contributed by atoms with Gasteiger partial charge in [0.15, 0.2) is 0 Å². The molecule has 5 nitrogen and oxygen atoms in total. The van der Waals surface area contributed by atoms with Gasteiger partial charge in [0.25, 0.3) is 0 Å². The summed E-state index contributed by atoms with van der Waals surface area (Å²) in [5.41, 5.74) is 1.43. The number of hydrogen-bond acceptors (Lipinski definition) is 4. The average Bonchev–Trinajstić information content (AvgIpc) is 3.25. The molecule has 0 radical (unpaired) electrons. The Kier molecular flexibility index (Phi) is 4.36. The zero-order chi connectivity index (χ0) is 23.0. The number of para-hydroxylation sites is 1. The van der Waals surface area contributed by atoms with Crippen molar-refractivity contribution in [3.63, 3.8) is 0 Å². The van der Waals surface area contributed by atoms with E-state index in [1.807, 2.05) is 74.5 Å². The van der Waals surface area contributed by atoms with Crippen LogP contribution in [0, 0.1) is 17.8 Å². The molecule has 6 rings (SSSR count). The summed E-state index contributed by atoms with van der Waals surface area (Å²) in [5, 5.41) is 0. The van der Waals surface area contributed by atoms with Crippen molar-refractivity contribution in [1.82, 2.24) is 0 Å². The van der Waals surface area contributed by atoms with Gasteiger partial charge in [0, 0.05) is 18.9 Å². The lowest BCUT2D eigenvalue weighted by Gasteiger charge is -2.53. The largest absolute Gasteiger partial charge is 0.374 e. The van der Waals surface area contributed by atoms with Crippen LogP contribution in [0.1, 0.15) is 25.3 Å². The Morgan fingerprint density at radius 3 is 2.12 bits per heavy atom. The number of fused-ring (bicyclic) bond motifs is 6. The molecule has 1 aliphatic carbocycles. The summed E-state index contributed by atoms with van der Waals surface area (Å²) in [6, 6.07) is 19.3. The van der Waals surface area contributed by atoms with E-state index >= 15 is 0 Å². The van der Waals surface area contributed by atoms with Crippen LogP contribution in [-0.4, -0.2) is 36.2 Å². The number of carbonyl (C=O) groups excluding carboxylic acids is 2. The van der Waals surface area contributed by atoms with Crippen LogP contribution in [0.2, 0.25) is 0 Å². The highest BCUT2D eigenvalue weighted by atomic mass is 16.6. The third-order valence-electron chi connectivity index (χ3n) is 7.94. The van der Waals surface area contributed by atoms with Gasteiger partial charge in [-0.2, -0.15) is 0 Å². The molecule has 168 valence electrons. The first-order valence-electron chi connectivity index (χ1n) is 11.5. The Labute approximate surface area is 193 Å². The third kappa shape index (κ3) is 2.73. The highest BCUT2D eigenvalue weighted by Gasteiger charge is 2.66. The van der Waals surface area contributed by atoms with Gasteiger partial charge in [-0.15, -0.1) is 0 Å². The Bertz CT molecular complexity index is 1190. The molecule has 0 aromatic heterocycles. The lowest BCUT2D eigenvalue weighted by molar-refractivity contribution is -0.185. The van der Waals surface area contributed by atoms with Gasteiger partial charge in [0.1, 0.15) is 11.7 Å². The van der Waals surface area contributed by atoms with Gasteiger partial charge in [-0.05, 0) is 37.1 Å². The number of anilines is 1. The Morgan fingerprint density at radius 2 is 1.45 bits per heavy atom. The number of ether oxygens (including phenoxy) is 2. The van der Waals surface area contributed by atoms with Gasteiger partial charge in [0.05, 0.1) is 23.1 Å². The SMILES string of the molecule is CO[C@@H]1C2=C[C@@H](c3ccccc3)[C@H]3C(=O)N(c4ccccc4)C(=O)[C@H]3[C@H]2[C@]2(C)C=C[C@@]1(C)O2. The zero-order valence-electron chi connectivity index (χ0n) is 19.0. The highest BCUT2D eigenvalue weighted by Crippen LogP contribution is 2.60. The molecule has 0 N–H and O–H groups in total. The van der Waals surface area contributed by atoms with E-state index < -0.39 is 23.0 Å². The van der Waals surface area contributed by atoms with Crippen LogP contribution in [-0.2, 0) is 19.1 Å². The van der Waals surface area contributed by atoms with Crippen LogP contribution >= 0.6 is 0 Å². The Hall–Kier alpha value is -3.02. The Balaban J connectivity index is 1.57. The average molecular weight is 442 g/mol. The van der Waals surface area contributed by atoms with Crippen LogP contribution < -0.4 is 4.90 Å². The van der Waals surface area contributed by atoms with Crippen LogP contribution in [0.5, 0.6) is 0 Å². The minimum absolute atomic E-state index is 0.145. The number of carbonyl (C=O) groups is 2. The molecule has 3 heterocycles. The predicted molar refractivity (Wildman–Crippen MR) is 125 cm³/mol. The topological polar surface area (TPSA) is 55.8 Å². The van der Waals surface area contributed by atoms with E-state index in [4.69, 9.17) is 9.47 Å². The molecule has 2 amide bonds. The monoisotopic (exact) mass is 441 g/mol. The van der Waals surface area contributed by atoms with Gasteiger partial charge in [-0.1, -0.05) is 66.8 Å². The predicted octanol–water partition coefficient (Wildman–Crippen LogP) is 4.26. The van der Waals surface area contributed by atoms with Gasteiger partial charge in [-0.25, -0.2) is 0 Å². The van der Waals surface area contributed by atoms with Crippen molar-refractivity contribution in [1.29, 1.82) is 0 Å². The molecule has 3 aliphatic heterocycles. The fourth-order valence-electron chi connectivity index (χ4n) is 6.69. The number of benzene rings is 2. The molecular weight excluding hydrogens is 414 g/mol. The number of allylic oxidation sites excluding steroid dienone is 1. The van der Waals surface area contributed by atoms with Crippen molar-refractivity contribution < 1.29 is 19.1 Å². The standard InChI is InChI=1S/C28H27NO4/c1-27-14-15-28(2,33-27)24(32-3)20-16-19(17-10-6-4-7-11-17)21-22(23(20)27)26(31)29(25(21)30)18-12-8-5-9-13-18/h4-16,19,21-24H,1-3H3/t19-,21+,22+,23-,24+,27-,28+/m0/s1. The summed E-state index contributed by atoms with van der Waals surface area (Å²) in [6.07, 6.45) is 5.99. The second-order valence-corrected chi connectivity index (χ2v) is 9.90. The molecule has 4 aliphatic rings. The highest BCUT2D eigenvalue weighted by molar-refractivity contribution is 6.22. The first kappa shape index (κ1) is 20.6. The van der Waals surface area contributed by atoms with Gasteiger partial charge in [-0.3, -0.25) is 14.5 Å². The summed E-state index contributed by atoms with van der Waals surface area (Å²) >= 11 is 0. The van der Waals surface area contributed by atoms with Crippen molar-refractivity contribution in [3.05, 3.63) is 90.0 Å². The van der Waals surface area contributed by atoms with Crippen molar-refractivity contribution in [2.75, 3.05) is 12.0 Å². The molecular formula is C28H27NO4. The minimum Gasteiger partial charge on any atom is -0.374 e. The van der Waals surface area contributed by atoms with E-state index in [1.165, 1.54) is 4.90 Å². The first-order valence-corrected chi connectivity index (χ1v) is 11.5. The lowest BCUT2D eigenvalue weighted by atomic mass is 9.59. The molecule has 5 heteroatoms. The lowest BCUT2D eigenvalue weighted by Crippen LogP contribution is -2.59. The summed E-state index contributed by atoms with van der Waals surface area (Å²) in [7, 11) is 1.69. The molecule has 33 heavy (non-hydrogen) atoms. The normalized spacial score (nSPS) is 38.8. The smallest absolute Gasteiger partial charge is 0.238 e. The van der Waals surface area contributed by atoms with Crippen molar-refractivity contribution in [2.24, 2.45) is 17.8 Å². The summed E-state index contributed by atoms with van der Waals surface area (Å²) in [6.45, 7) is 4.06. The number of nitrogens with zero attached hydrogens (tertiary/aromatic N) is 1. The van der Waals surface area contributed by atoms with Crippen LogP contribution in [0.4, 0.5) is 5.69 Å². The number of hydrogen-bond donors (Lipinski definition) is 0. The maximum Gasteiger partial charge on any atom is 0.238 e. The summed E-state index contributed by atoms with van der Waals surface area (Å²) < 4.78 is 12.6. The second kappa shape index (κ2) is 6.99. The summed E-state index contributed by atoms with van der Waals surface area (Å²) in [5.74, 6) is -1.81. The first-order chi connectivity index (χ1) is 15.9. The number of amides is 2. The fraction of sp³-hybridized carbons (Fsp3) is 0.357. The minimum atomic E-state index is -0.678. The number of methoxy groups -OCH3 is 1. The maximum atomic E-state index is 14.0. The number of imide groups is 1. The molecule has 2 aromatic rings. The molecule has 2 saturated heterocycles. The van der Waals surface area contributed by atoms with Crippen molar-refractivity contribution >= 4 is 17.5 Å². The van der Waals surface area contributed by atoms with Gasteiger partial charge in [0.2, 0.25) is 11.8 Å².